The van der Waals surface area contributed by atoms with E-state index >= 15 is 0 Å². The molecule has 0 unspecified atom stereocenters. The van der Waals surface area contributed by atoms with Crippen LogP contribution >= 0.6 is 0 Å². The third-order valence-electron chi connectivity index (χ3n) is 4.47. The molecule has 19 heavy (non-hydrogen) atoms. The fourth-order valence-corrected chi connectivity index (χ4v) is 3.12. The second kappa shape index (κ2) is 3.81. The van der Waals surface area contributed by atoms with Crippen molar-refractivity contribution in [2.75, 3.05) is 31.1 Å². The van der Waals surface area contributed by atoms with E-state index < -0.39 is 0 Å². The molecule has 5 nitrogen and oxygen atoms in total. The molecular formula is C14H15N3O2. The fourth-order valence-electron chi connectivity index (χ4n) is 3.12. The molecule has 4 rings (SSSR count). The van der Waals surface area contributed by atoms with Gasteiger partial charge in [0, 0.05) is 13.1 Å². The molecule has 0 radical (unpaired) electrons. The highest BCUT2D eigenvalue weighted by molar-refractivity contribution is 6.23. The highest BCUT2D eigenvalue weighted by atomic mass is 16.2. The Bertz CT molecular complexity index is 574. The van der Waals surface area contributed by atoms with Crippen molar-refractivity contribution in [2.45, 2.75) is 0 Å². The van der Waals surface area contributed by atoms with Crippen LogP contribution in [0.25, 0.3) is 0 Å². The van der Waals surface area contributed by atoms with E-state index in [0.717, 1.165) is 43.7 Å². The van der Waals surface area contributed by atoms with Gasteiger partial charge in [-0.1, -0.05) is 6.07 Å². The number of benzene rings is 1. The predicted octanol–water partition coefficient (Wildman–Crippen LogP) is 0.226. The van der Waals surface area contributed by atoms with Crippen LogP contribution in [0.3, 0.4) is 0 Å². The summed E-state index contributed by atoms with van der Waals surface area (Å²) >= 11 is 0. The number of carbonyl (C=O) groups excluding carboxylic acids is 2. The van der Waals surface area contributed by atoms with Gasteiger partial charge in [-0.25, -0.2) is 0 Å². The van der Waals surface area contributed by atoms with Gasteiger partial charge in [0.25, 0.3) is 11.8 Å². The number of carbonyl (C=O) groups is 2. The normalized spacial score (nSPS) is 22.8. The minimum Gasteiger partial charge on any atom is -0.370 e. The Morgan fingerprint density at radius 2 is 1.84 bits per heavy atom. The zero-order valence-electron chi connectivity index (χ0n) is 10.5. The third kappa shape index (κ3) is 1.51. The van der Waals surface area contributed by atoms with E-state index in [0.29, 0.717) is 11.1 Å². The van der Waals surface area contributed by atoms with Crippen LogP contribution in [0.1, 0.15) is 20.7 Å². The van der Waals surface area contributed by atoms with Crippen molar-refractivity contribution in [2.24, 2.45) is 11.8 Å². The molecule has 3 aliphatic rings. The molecular weight excluding hydrogens is 242 g/mol. The molecule has 2 saturated heterocycles. The van der Waals surface area contributed by atoms with Crippen molar-refractivity contribution in [1.29, 1.82) is 0 Å². The van der Waals surface area contributed by atoms with Crippen LogP contribution in [0.4, 0.5) is 5.69 Å². The summed E-state index contributed by atoms with van der Waals surface area (Å²) in [5.41, 5.74) is 1.97. The second-order valence-corrected chi connectivity index (χ2v) is 5.57. The summed E-state index contributed by atoms with van der Waals surface area (Å²) in [5, 5.41) is 5.66. The topological polar surface area (TPSA) is 61.4 Å². The second-order valence-electron chi connectivity index (χ2n) is 5.57. The fraction of sp³-hybridized carbons (Fsp3) is 0.429. The van der Waals surface area contributed by atoms with Crippen molar-refractivity contribution < 1.29 is 9.59 Å². The summed E-state index contributed by atoms with van der Waals surface area (Å²) in [5.74, 6) is 0.965. The standard InChI is InChI=1S/C14H15N3O2/c18-13-10-2-1-3-11(12(10)14(19)16-13)17-6-9(7-17)8-4-15-5-8/h1-3,8-9,15H,4-7H2,(H,16,18,19). The summed E-state index contributed by atoms with van der Waals surface area (Å²) in [6, 6.07) is 5.50. The van der Waals surface area contributed by atoms with Gasteiger partial charge in [0.05, 0.1) is 16.8 Å². The minimum absolute atomic E-state index is 0.260. The number of amides is 2. The number of hydrogen-bond donors (Lipinski definition) is 2. The van der Waals surface area contributed by atoms with Crippen LogP contribution in [0.15, 0.2) is 18.2 Å². The molecule has 3 heterocycles. The number of anilines is 1. The van der Waals surface area contributed by atoms with Gasteiger partial charge < -0.3 is 10.2 Å². The molecule has 5 heteroatoms. The Kier molecular flexibility index (Phi) is 2.20. The van der Waals surface area contributed by atoms with Crippen LogP contribution in [0.5, 0.6) is 0 Å². The largest absolute Gasteiger partial charge is 0.370 e. The summed E-state index contributed by atoms with van der Waals surface area (Å²) in [6.07, 6.45) is 0. The van der Waals surface area contributed by atoms with Crippen LogP contribution in [-0.4, -0.2) is 38.0 Å². The zero-order chi connectivity index (χ0) is 13.0. The molecule has 98 valence electrons. The van der Waals surface area contributed by atoms with Crippen LogP contribution in [0.2, 0.25) is 0 Å². The van der Waals surface area contributed by atoms with Crippen molar-refractivity contribution in [3.05, 3.63) is 29.3 Å². The maximum Gasteiger partial charge on any atom is 0.261 e. The molecule has 1 aromatic rings. The van der Waals surface area contributed by atoms with E-state index in [4.69, 9.17) is 0 Å². The molecule has 1 aromatic carbocycles. The first kappa shape index (κ1) is 11.0. The zero-order valence-corrected chi connectivity index (χ0v) is 10.5. The van der Waals surface area contributed by atoms with Crippen molar-refractivity contribution in [3.8, 4) is 0 Å². The maximum absolute atomic E-state index is 11.9. The van der Waals surface area contributed by atoms with E-state index in [9.17, 15) is 9.59 Å². The first-order valence-electron chi connectivity index (χ1n) is 6.68. The van der Waals surface area contributed by atoms with Gasteiger partial charge >= 0.3 is 0 Å². The van der Waals surface area contributed by atoms with E-state index in [1.54, 1.807) is 6.07 Å². The number of fused-ring (bicyclic) bond motifs is 1. The molecule has 0 bridgehead atoms. The molecule has 0 saturated carbocycles. The number of hydrogen-bond acceptors (Lipinski definition) is 4. The summed E-state index contributed by atoms with van der Waals surface area (Å²) in [6.45, 7) is 4.21. The lowest BCUT2D eigenvalue weighted by Gasteiger charge is -2.48. The van der Waals surface area contributed by atoms with Gasteiger partial charge in [-0.15, -0.1) is 0 Å². The van der Waals surface area contributed by atoms with Crippen LogP contribution in [0, 0.1) is 11.8 Å². The predicted molar refractivity (Wildman–Crippen MR) is 70.3 cm³/mol. The first-order valence-corrected chi connectivity index (χ1v) is 6.68. The summed E-state index contributed by atoms with van der Waals surface area (Å²) in [7, 11) is 0. The molecule has 0 aliphatic carbocycles. The average Bonchev–Trinajstić information content (AvgIpc) is 2.57. The smallest absolute Gasteiger partial charge is 0.261 e. The lowest BCUT2D eigenvalue weighted by molar-refractivity contribution is 0.0879. The van der Waals surface area contributed by atoms with E-state index in [1.165, 1.54) is 0 Å². The Morgan fingerprint density at radius 3 is 2.53 bits per heavy atom. The Balaban J connectivity index is 1.60. The maximum atomic E-state index is 11.9. The van der Waals surface area contributed by atoms with Crippen molar-refractivity contribution in [3.63, 3.8) is 0 Å². The number of nitrogens with one attached hydrogen (secondary N) is 2. The van der Waals surface area contributed by atoms with Crippen LogP contribution in [-0.2, 0) is 0 Å². The van der Waals surface area contributed by atoms with Gasteiger partial charge in [0.15, 0.2) is 0 Å². The Labute approximate surface area is 111 Å². The SMILES string of the molecule is O=C1NC(=O)c2c1cccc2N1CC(C2CNC2)C1. The molecule has 2 amide bonds. The van der Waals surface area contributed by atoms with Crippen molar-refractivity contribution in [1.82, 2.24) is 10.6 Å². The van der Waals surface area contributed by atoms with Gasteiger partial charge in [-0.3, -0.25) is 14.9 Å². The molecule has 2 fully saturated rings. The summed E-state index contributed by atoms with van der Waals surface area (Å²) < 4.78 is 0. The van der Waals surface area contributed by atoms with Gasteiger partial charge in [-0.2, -0.15) is 0 Å². The van der Waals surface area contributed by atoms with E-state index in [1.807, 2.05) is 12.1 Å². The lowest BCUT2D eigenvalue weighted by Crippen LogP contribution is -2.58. The van der Waals surface area contributed by atoms with Gasteiger partial charge in [0.2, 0.25) is 0 Å². The lowest BCUT2D eigenvalue weighted by atomic mass is 9.81. The highest BCUT2D eigenvalue weighted by Crippen LogP contribution is 2.35. The number of imide groups is 1. The molecule has 2 N–H and O–H groups in total. The van der Waals surface area contributed by atoms with Gasteiger partial charge in [0.1, 0.15) is 0 Å². The van der Waals surface area contributed by atoms with E-state index in [-0.39, 0.29) is 11.8 Å². The molecule has 0 atom stereocenters. The highest BCUT2D eigenvalue weighted by Gasteiger charge is 2.39. The average molecular weight is 257 g/mol. The minimum atomic E-state index is -0.276. The quantitative estimate of drug-likeness (QED) is 0.744. The van der Waals surface area contributed by atoms with Crippen molar-refractivity contribution >= 4 is 17.5 Å². The third-order valence-corrected chi connectivity index (χ3v) is 4.47. The Hall–Kier alpha value is -1.88. The molecule has 0 aromatic heterocycles. The van der Waals surface area contributed by atoms with Gasteiger partial charge in [-0.05, 0) is 37.1 Å². The first-order chi connectivity index (χ1) is 9.24. The molecule has 3 aliphatic heterocycles. The monoisotopic (exact) mass is 257 g/mol. The Morgan fingerprint density at radius 1 is 1.05 bits per heavy atom. The molecule has 0 spiro atoms. The van der Waals surface area contributed by atoms with Crippen LogP contribution < -0.4 is 15.5 Å². The van der Waals surface area contributed by atoms with E-state index in [2.05, 4.69) is 15.5 Å². The summed E-state index contributed by atoms with van der Waals surface area (Å²) in [4.78, 5) is 25.7. The number of rotatable bonds is 2. The number of nitrogens with zero attached hydrogens (tertiary/aromatic N) is 1.